The molecule has 0 N–H and O–H groups in total. The van der Waals surface area contributed by atoms with Gasteiger partial charge in [-0.25, -0.2) is 0 Å². The highest BCUT2D eigenvalue weighted by Crippen LogP contribution is 2.06. The van der Waals surface area contributed by atoms with Crippen molar-refractivity contribution in [3.63, 3.8) is 0 Å². The summed E-state index contributed by atoms with van der Waals surface area (Å²) >= 11 is 0. The molecule has 0 bridgehead atoms. The summed E-state index contributed by atoms with van der Waals surface area (Å²) in [5, 5.41) is 0. The second kappa shape index (κ2) is 6.47. The molecule has 72 valence electrons. The number of rotatable bonds is 3. The van der Waals surface area contributed by atoms with Gasteiger partial charge in [0.15, 0.2) is 0 Å². The van der Waals surface area contributed by atoms with Gasteiger partial charge in [0.05, 0.1) is 0 Å². The van der Waals surface area contributed by atoms with Crippen LogP contribution in [0.5, 0.6) is 0 Å². The summed E-state index contributed by atoms with van der Waals surface area (Å²) in [5.41, 5.74) is 3.90. The summed E-state index contributed by atoms with van der Waals surface area (Å²) in [6.45, 7) is 10.4. The Labute approximate surface area is 82.4 Å². The minimum Gasteiger partial charge on any atom is -0.0874 e. The first kappa shape index (κ1) is 12.0. The molecule has 0 aromatic rings. The van der Waals surface area contributed by atoms with Crippen molar-refractivity contribution in [1.82, 2.24) is 0 Å². The topological polar surface area (TPSA) is 0 Å². The third kappa shape index (κ3) is 6.15. The summed E-state index contributed by atoms with van der Waals surface area (Å²) in [4.78, 5) is 0. The van der Waals surface area contributed by atoms with Crippen LogP contribution in [0.1, 0.15) is 34.6 Å². The molecule has 0 fully saturated rings. The van der Waals surface area contributed by atoms with E-state index in [1.807, 2.05) is 6.92 Å². The zero-order chi connectivity index (χ0) is 10.3. The van der Waals surface area contributed by atoms with Crippen LogP contribution in [-0.2, 0) is 0 Å². The largest absolute Gasteiger partial charge is 0.0874 e. The molecular weight excluding hydrogens is 156 g/mol. The zero-order valence-corrected chi connectivity index (χ0v) is 9.39. The van der Waals surface area contributed by atoms with Gasteiger partial charge in [0.1, 0.15) is 0 Å². The molecule has 0 aromatic heterocycles. The molecule has 0 heterocycles. The van der Waals surface area contributed by atoms with Crippen molar-refractivity contribution in [3.05, 3.63) is 47.1 Å². The van der Waals surface area contributed by atoms with Crippen molar-refractivity contribution in [2.75, 3.05) is 0 Å². The minimum atomic E-state index is 1.29. The lowest BCUT2D eigenvalue weighted by molar-refractivity contribution is 1.38. The summed E-state index contributed by atoms with van der Waals surface area (Å²) in [5.74, 6) is 0. The maximum absolute atomic E-state index is 2.19. The van der Waals surface area contributed by atoms with Crippen molar-refractivity contribution in [2.24, 2.45) is 0 Å². The predicted molar refractivity (Wildman–Crippen MR) is 61.8 cm³/mol. The average molecular weight is 176 g/mol. The van der Waals surface area contributed by atoms with Gasteiger partial charge in [-0.1, -0.05) is 47.1 Å². The normalized spacial score (nSPS) is 15.6. The lowest BCUT2D eigenvalue weighted by atomic mass is 10.1. The van der Waals surface area contributed by atoms with Gasteiger partial charge in [-0.3, -0.25) is 0 Å². The third-order valence-corrected chi connectivity index (χ3v) is 1.80. The quantitative estimate of drug-likeness (QED) is 0.558. The Balaban J connectivity index is 4.53. The highest BCUT2D eigenvalue weighted by Gasteiger charge is 1.85. The van der Waals surface area contributed by atoms with Crippen LogP contribution in [0.25, 0.3) is 0 Å². The molecule has 0 amide bonds. The standard InChI is InChI=1S/C13H20/c1-6-8-12(4)10-13(5)9-11(3)7-2/h6-10H,1-5H3/b8-6+,11-7+,12-10+,13-9+. The fraction of sp³-hybridized carbons (Fsp3) is 0.385. The highest BCUT2D eigenvalue weighted by atomic mass is 13.9. The van der Waals surface area contributed by atoms with Crippen molar-refractivity contribution in [1.29, 1.82) is 0 Å². The van der Waals surface area contributed by atoms with Crippen LogP contribution in [0.2, 0.25) is 0 Å². The van der Waals surface area contributed by atoms with Gasteiger partial charge >= 0.3 is 0 Å². The Morgan fingerprint density at radius 2 is 1.31 bits per heavy atom. The molecule has 0 radical (unpaired) electrons. The van der Waals surface area contributed by atoms with Gasteiger partial charge in [-0.2, -0.15) is 0 Å². The molecule has 0 spiro atoms. The Morgan fingerprint density at radius 1 is 0.769 bits per heavy atom. The van der Waals surface area contributed by atoms with Crippen molar-refractivity contribution in [2.45, 2.75) is 34.6 Å². The van der Waals surface area contributed by atoms with Gasteiger partial charge in [0.25, 0.3) is 0 Å². The molecule has 13 heavy (non-hydrogen) atoms. The molecule has 0 rings (SSSR count). The van der Waals surface area contributed by atoms with Crippen LogP contribution in [0.4, 0.5) is 0 Å². The molecule has 0 atom stereocenters. The van der Waals surface area contributed by atoms with Crippen molar-refractivity contribution < 1.29 is 0 Å². The van der Waals surface area contributed by atoms with Gasteiger partial charge in [-0.05, 0) is 34.6 Å². The molecule has 0 saturated heterocycles. The number of hydrogen-bond acceptors (Lipinski definition) is 0. The van der Waals surface area contributed by atoms with Crippen LogP contribution < -0.4 is 0 Å². The summed E-state index contributed by atoms with van der Waals surface area (Å²) < 4.78 is 0. The molecule has 0 unspecified atom stereocenters. The monoisotopic (exact) mass is 176 g/mol. The molecule has 0 nitrogen and oxygen atoms in total. The van der Waals surface area contributed by atoms with E-state index in [0.29, 0.717) is 0 Å². The van der Waals surface area contributed by atoms with Crippen molar-refractivity contribution in [3.8, 4) is 0 Å². The first-order valence-corrected chi connectivity index (χ1v) is 4.72. The lowest BCUT2D eigenvalue weighted by Crippen LogP contribution is -1.75. The Morgan fingerprint density at radius 3 is 1.77 bits per heavy atom. The van der Waals surface area contributed by atoms with Crippen LogP contribution in [-0.4, -0.2) is 0 Å². The molecule has 0 aliphatic heterocycles. The van der Waals surface area contributed by atoms with E-state index in [1.165, 1.54) is 16.7 Å². The minimum absolute atomic E-state index is 1.29. The highest BCUT2D eigenvalue weighted by molar-refractivity contribution is 5.32. The second-order valence-corrected chi connectivity index (χ2v) is 3.31. The van der Waals surface area contributed by atoms with Gasteiger partial charge < -0.3 is 0 Å². The van der Waals surface area contributed by atoms with E-state index in [1.54, 1.807) is 0 Å². The number of allylic oxidation sites excluding steroid dienone is 8. The summed E-state index contributed by atoms with van der Waals surface area (Å²) in [7, 11) is 0. The van der Waals surface area contributed by atoms with E-state index in [-0.39, 0.29) is 0 Å². The summed E-state index contributed by atoms with van der Waals surface area (Å²) in [6, 6.07) is 0. The molecular formula is C13H20. The maximum atomic E-state index is 2.19. The third-order valence-electron chi connectivity index (χ3n) is 1.80. The molecule has 0 saturated carbocycles. The van der Waals surface area contributed by atoms with E-state index in [0.717, 1.165) is 0 Å². The fourth-order valence-electron chi connectivity index (χ4n) is 1.15. The first-order valence-electron chi connectivity index (χ1n) is 4.72. The van der Waals surface area contributed by atoms with E-state index in [4.69, 9.17) is 0 Å². The smallest absolute Gasteiger partial charge is 0.0398 e. The Bertz CT molecular complexity index is 260. The van der Waals surface area contributed by atoms with Gasteiger partial charge in [0.2, 0.25) is 0 Å². The predicted octanol–water partition coefficient (Wildman–Crippen LogP) is 4.42. The lowest BCUT2D eigenvalue weighted by Gasteiger charge is -1.95. The van der Waals surface area contributed by atoms with E-state index in [2.05, 4.69) is 58.1 Å². The Kier molecular flexibility index (Phi) is 5.96. The maximum Gasteiger partial charge on any atom is -0.0398 e. The fourth-order valence-corrected chi connectivity index (χ4v) is 1.15. The van der Waals surface area contributed by atoms with Gasteiger partial charge in [0, 0.05) is 0 Å². The zero-order valence-electron chi connectivity index (χ0n) is 9.39. The van der Waals surface area contributed by atoms with Crippen LogP contribution in [0.3, 0.4) is 0 Å². The van der Waals surface area contributed by atoms with Crippen LogP contribution in [0.15, 0.2) is 47.1 Å². The van der Waals surface area contributed by atoms with Crippen LogP contribution >= 0.6 is 0 Å². The number of hydrogen-bond donors (Lipinski definition) is 0. The molecule has 0 aromatic carbocycles. The van der Waals surface area contributed by atoms with E-state index >= 15 is 0 Å². The molecule has 0 aliphatic carbocycles. The SMILES string of the molecule is C/C=C/C(C)=C/C(C)=C/C(C)=C/C. The van der Waals surface area contributed by atoms with Gasteiger partial charge in [-0.15, -0.1) is 0 Å². The van der Waals surface area contributed by atoms with Crippen molar-refractivity contribution >= 4 is 0 Å². The summed E-state index contributed by atoms with van der Waals surface area (Å²) in [6.07, 6.45) is 10.7. The Hall–Kier alpha value is -1.04. The molecule has 0 heteroatoms. The van der Waals surface area contributed by atoms with E-state index < -0.39 is 0 Å². The van der Waals surface area contributed by atoms with E-state index in [9.17, 15) is 0 Å². The molecule has 0 aliphatic rings. The van der Waals surface area contributed by atoms with Crippen LogP contribution in [0, 0.1) is 0 Å². The average Bonchev–Trinajstić information content (AvgIpc) is 2.04. The first-order chi connectivity index (χ1) is 6.10. The second-order valence-electron chi connectivity index (χ2n) is 3.31.